The molecule has 8 nitrogen and oxygen atoms in total. The van der Waals surface area contributed by atoms with Crippen molar-refractivity contribution in [3.05, 3.63) is 35.0 Å². The summed E-state index contributed by atoms with van der Waals surface area (Å²) in [7, 11) is 0. The second kappa shape index (κ2) is 8.22. The SMILES string of the molecule is CC(C)C(NC(=O)CN1CCc2c([nH]c3c(C(=O)O)cccc23)C1=O)C(O)C(F)(F)F. The van der Waals surface area contributed by atoms with Crippen molar-refractivity contribution in [1.29, 1.82) is 0 Å². The van der Waals surface area contributed by atoms with Crippen LogP contribution >= 0.6 is 0 Å². The van der Waals surface area contributed by atoms with Gasteiger partial charge in [0.25, 0.3) is 5.91 Å². The zero-order valence-electron chi connectivity index (χ0n) is 16.8. The third-order valence-electron chi connectivity index (χ3n) is 5.36. The number of hydrogen-bond donors (Lipinski definition) is 4. The minimum Gasteiger partial charge on any atom is -0.478 e. The standard InChI is InChI=1S/C20H22F3N3O5/c1-9(2)14(17(28)20(21,22)23)24-13(27)8-26-7-6-11-10-4-3-5-12(19(30)31)15(10)25-16(11)18(26)29/h3-5,9,14,17,25,28H,6-8H2,1-2H3,(H,24,27)(H,30,31). The number of hydrogen-bond acceptors (Lipinski definition) is 4. The fourth-order valence-electron chi connectivity index (χ4n) is 3.77. The van der Waals surface area contributed by atoms with Gasteiger partial charge in [0.2, 0.25) is 5.91 Å². The van der Waals surface area contributed by atoms with Gasteiger partial charge in [-0.05, 0) is 24.0 Å². The number of H-pyrrole nitrogens is 1. The number of aromatic carboxylic acids is 1. The average molecular weight is 441 g/mol. The molecular weight excluding hydrogens is 419 g/mol. The number of halogens is 3. The molecule has 1 aliphatic rings. The normalized spacial score (nSPS) is 16.4. The minimum absolute atomic E-state index is 0.00454. The van der Waals surface area contributed by atoms with Crippen LogP contribution < -0.4 is 5.32 Å². The number of fused-ring (bicyclic) bond motifs is 3. The summed E-state index contributed by atoms with van der Waals surface area (Å²) in [5.41, 5.74) is 1.09. The van der Waals surface area contributed by atoms with E-state index in [0.717, 1.165) is 0 Å². The van der Waals surface area contributed by atoms with Crippen LogP contribution in [0, 0.1) is 5.92 Å². The van der Waals surface area contributed by atoms with Crippen LogP contribution in [-0.2, 0) is 11.2 Å². The molecule has 2 amide bonds. The van der Waals surface area contributed by atoms with E-state index in [-0.39, 0.29) is 17.8 Å². The van der Waals surface area contributed by atoms with E-state index in [1.807, 2.05) is 0 Å². The quantitative estimate of drug-likeness (QED) is 0.546. The number of aliphatic hydroxyl groups is 1. The van der Waals surface area contributed by atoms with Gasteiger partial charge >= 0.3 is 12.1 Å². The second-order valence-corrected chi connectivity index (χ2v) is 7.81. The van der Waals surface area contributed by atoms with E-state index in [4.69, 9.17) is 0 Å². The van der Waals surface area contributed by atoms with Crippen molar-refractivity contribution in [1.82, 2.24) is 15.2 Å². The number of aromatic nitrogens is 1. The number of carbonyl (C=O) groups is 3. The highest BCUT2D eigenvalue weighted by Gasteiger charge is 2.45. The molecule has 0 radical (unpaired) electrons. The summed E-state index contributed by atoms with van der Waals surface area (Å²) in [6.07, 6.45) is -7.29. The van der Waals surface area contributed by atoms with Crippen molar-refractivity contribution in [3.63, 3.8) is 0 Å². The number of alkyl halides is 3. The van der Waals surface area contributed by atoms with Gasteiger partial charge in [-0.25, -0.2) is 4.79 Å². The number of nitrogens with one attached hydrogen (secondary N) is 2. The summed E-state index contributed by atoms with van der Waals surface area (Å²) in [5, 5.41) is 21.6. The Morgan fingerprint density at radius 2 is 1.97 bits per heavy atom. The largest absolute Gasteiger partial charge is 0.478 e. The molecule has 2 aromatic rings. The predicted molar refractivity (Wildman–Crippen MR) is 104 cm³/mol. The Morgan fingerprint density at radius 1 is 1.29 bits per heavy atom. The fraction of sp³-hybridized carbons (Fsp3) is 0.450. The van der Waals surface area contributed by atoms with Crippen LogP contribution in [0.2, 0.25) is 0 Å². The van der Waals surface area contributed by atoms with E-state index >= 15 is 0 Å². The van der Waals surface area contributed by atoms with Crippen molar-refractivity contribution in [2.24, 2.45) is 5.92 Å². The molecule has 0 saturated heterocycles. The molecule has 0 spiro atoms. The Kier molecular flexibility index (Phi) is 5.99. The lowest BCUT2D eigenvalue weighted by Gasteiger charge is -2.31. The van der Waals surface area contributed by atoms with Gasteiger partial charge in [-0.1, -0.05) is 26.0 Å². The van der Waals surface area contributed by atoms with Crippen molar-refractivity contribution >= 4 is 28.7 Å². The van der Waals surface area contributed by atoms with E-state index in [1.54, 1.807) is 12.1 Å². The molecule has 0 aliphatic carbocycles. The maximum Gasteiger partial charge on any atom is 0.416 e. The molecule has 11 heteroatoms. The molecule has 31 heavy (non-hydrogen) atoms. The number of carboxylic acids is 1. The van der Waals surface area contributed by atoms with Gasteiger partial charge < -0.3 is 25.4 Å². The smallest absolute Gasteiger partial charge is 0.416 e. The molecule has 1 aromatic carbocycles. The molecule has 3 rings (SSSR count). The number of amides is 2. The van der Waals surface area contributed by atoms with Gasteiger partial charge in [-0.2, -0.15) is 13.2 Å². The summed E-state index contributed by atoms with van der Waals surface area (Å²) in [5.74, 6) is -3.24. The fourth-order valence-corrected chi connectivity index (χ4v) is 3.77. The topological polar surface area (TPSA) is 123 Å². The highest BCUT2D eigenvalue weighted by Crippen LogP contribution is 2.30. The highest BCUT2D eigenvalue weighted by molar-refractivity contribution is 6.08. The third-order valence-corrected chi connectivity index (χ3v) is 5.36. The highest BCUT2D eigenvalue weighted by atomic mass is 19.4. The number of carboxylic acid groups (broad SMARTS) is 1. The van der Waals surface area contributed by atoms with Crippen molar-refractivity contribution < 1.29 is 37.8 Å². The molecular formula is C20H22F3N3O5. The van der Waals surface area contributed by atoms with Gasteiger partial charge in [-0.3, -0.25) is 9.59 Å². The Balaban J connectivity index is 1.79. The lowest BCUT2D eigenvalue weighted by atomic mass is 9.98. The third kappa shape index (κ3) is 4.36. The average Bonchev–Trinajstić information content (AvgIpc) is 3.06. The van der Waals surface area contributed by atoms with Gasteiger partial charge in [-0.15, -0.1) is 0 Å². The molecule has 2 unspecified atom stereocenters. The number of carbonyl (C=O) groups excluding carboxylic acids is 2. The van der Waals surface area contributed by atoms with E-state index in [1.165, 1.54) is 24.8 Å². The lowest BCUT2D eigenvalue weighted by Crippen LogP contribution is -2.55. The summed E-state index contributed by atoms with van der Waals surface area (Å²) in [6, 6.07) is 3.11. The number of aliphatic hydroxyl groups excluding tert-OH is 1. The summed E-state index contributed by atoms with van der Waals surface area (Å²) >= 11 is 0. The minimum atomic E-state index is -4.90. The molecule has 0 saturated carbocycles. The van der Waals surface area contributed by atoms with Gasteiger partial charge in [0.15, 0.2) is 6.10 Å². The summed E-state index contributed by atoms with van der Waals surface area (Å²) < 4.78 is 38.6. The molecule has 2 atom stereocenters. The first-order valence-electron chi connectivity index (χ1n) is 9.62. The Hall–Kier alpha value is -3.08. The van der Waals surface area contributed by atoms with Crippen LogP contribution in [0.5, 0.6) is 0 Å². The maximum atomic E-state index is 12.9. The predicted octanol–water partition coefficient (Wildman–Crippen LogP) is 1.93. The monoisotopic (exact) mass is 441 g/mol. The molecule has 168 valence electrons. The van der Waals surface area contributed by atoms with Crippen molar-refractivity contribution in [2.75, 3.05) is 13.1 Å². The van der Waals surface area contributed by atoms with Gasteiger partial charge in [0.05, 0.1) is 23.7 Å². The molecule has 1 aliphatic heterocycles. The number of rotatable bonds is 6. The first-order chi connectivity index (χ1) is 14.4. The van der Waals surface area contributed by atoms with E-state index in [9.17, 15) is 37.8 Å². The van der Waals surface area contributed by atoms with E-state index < -0.39 is 48.6 Å². The Morgan fingerprint density at radius 3 is 2.55 bits per heavy atom. The van der Waals surface area contributed by atoms with Crippen LogP contribution in [0.25, 0.3) is 10.9 Å². The second-order valence-electron chi connectivity index (χ2n) is 7.81. The molecule has 0 bridgehead atoms. The molecule has 0 fully saturated rings. The Labute approximate surface area is 175 Å². The van der Waals surface area contributed by atoms with Gasteiger partial charge in [0.1, 0.15) is 5.69 Å². The summed E-state index contributed by atoms with van der Waals surface area (Å²) in [4.78, 5) is 40.6. The van der Waals surface area contributed by atoms with Gasteiger partial charge in [0, 0.05) is 11.9 Å². The van der Waals surface area contributed by atoms with E-state index in [0.29, 0.717) is 22.9 Å². The maximum absolute atomic E-state index is 12.9. The molecule has 1 aromatic heterocycles. The zero-order valence-corrected chi connectivity index (χ0v) is 16.8. The first kappa shape index (κ1) is 22.6. The zero-order chi connectivity index (χ0) is 23.1. The first-order valence-corrected chi connectivity index (χ1v) is 9.62. The number of nitrogens with zero attached hydrogens (tertiary/aromatic N) is 1. The lowest BCUT2D eigenvalue weighted by molar-refractivity contribution is -0.215. The number of para-hydroxylation sites is 1. The number of benzene rings is 1. The number of aromatic amines is 1. The van der Waals surface area contributed by atoms with Crippen LogP contribution in [-0.4, -0.2) is 69.3 Å². The molecule has 4 N–H and O–H groups in total. The summed E-state index contributed by atoms with van der Waals surface area (Å²) in [6.45, 7) is 2.51. The van der Waals surface area contributed by atoms with Crippen LogP contribution in [0.3, 0.4) is 0 Å². The van der Waals surface area contributed by atoms with E-state index in [2.05, 4.69) is 10.3 Å². The Bertz CT molecular complexity index is 1030. The van der Waals surface area contributed by atoms with Crippen LogP contribution in [0.4, 0.5) is 13.2 Å². The van der Waals surface area contributed by atoms with Crippen molar-refractivity contribution in [2.45, 2.75) is 38.6 Å². The van der Waals surface area contributed by atoms with Crippen LogP contribution in [0.15, 0.2) is 18.2 Å². The molecule has 2 heterocycles. The van der Waals surface area contributed by atoms with Crippen LogP contribution in [0.1, 0.15) is 40.3 Å². The van der Waals surface area contributed by atoms with Crippen molar-refractivity contribution in [3.8, 4) is 0 Å².